The molecule has 0 unspecified atom stereocenters. The van der Waals surface area contributed by atoms with Crippen LogP contribution in [-0.4, -0.2) is 12.2 Å². The third-order valence-electron chi connectivity index (χ3n) is 2.75. The predicted molar refractivity (Wildman–Crippen MR) is 80.5 cm³/mol. The zero-order chi connectivity index (χ0) is 16.8. The van der Waals surface area contributed by atoms with Crippen molar-refractivity contribution in [3.05, 3.63) is 65.0 Å². The third kappa shape index (κ3) is 4.47. The molecule has 0 aromatic heterocycles. The summed E-state index contributed by atoms with van der Waals surface area (Å²) in [6, 6.07) is 8.67. The minimum Gasteiger partial charge on any atom is -0.486 e. The summed E-state index contributed by atoms with van der Waals surface area (Å²) in [5.74, 6) is -4.69. The monoisotopic (exact) mass is 322 g/mol. The van der Waals surface area contributed by atoms with Crippen molar-refractivity contribution in [2.75, 3.05) is 0 Å². The zero-order valence-corrected chi connectivity index (χ0v) is 11.8. The van der Waals surface area contributed by atoms with Gasteiger partial charge < -0.3 is 16.2 Å². The van der Waals surface area contributed by atoms with Gasteiger partial charge in [0, 0.05) is 0 Å². The van der Waals surface area contributed by atoms with Gasteiger partial charge in [0.25, 0.3) is 0 Å². The molecule has 0 radical (unpaired) electrons. The number of nitrogens with zero attached hydrogens (tertiary/aromatic N) is 2. The predicted octanol–water partition coefficient (Wildman–Crippen LogP) is 2.29. The van der Waals surface area contributed by atoms with Gasteiger partial charge in [-0.3, -0.25) is 0 Å². The van der Waals surface area contributed by atoms with E-state index >= 15 is 0 Å². The molecule has 0 atom stereocenters. The average molecular weight is 322 g/mol. The number of benzene rings is 2. The van der Waals surface area contributed by atoms with Crippen molar-refractivity contribution in [3.8, 4) is 5.75 Å². The lowest BCUT2D eigenvalue weighted by atomic mass is 10.1. The van der Waals surface area contributed by atoms with Crippen LogP contribution < -0.4 is 16.2 Å². The van der Waals surface area contributed by atoms with E-state index in [1.807, 2.05) is 0 Å². The second kappa shape index (κ2) is 7.30. The minimum absolute atomic E-state index is 0.00663. The molecule has 4 N–H and O–H groups in total. The van der Waals surface area contributed by atoms with Gasteiger partial charge in [-0.05, 0) is 23.3 Å². The van der Waals surface area contributed by atoms with Crippen LogP contribution in [0.5, 0.6) is 5.75 Å². The summed E-state index contributed by atoms with van der Waals surface area (Å²) in [5, 5.41) is 7.10. The van der Waals surface area contributed by atoms with Crippen LogP contribution >= 0.6 is 0 Å². The molecule has 0 bridgehead atoms. The highest BCUT2D eigenvalue weighted by Gasteiger charge is 2.14. The summed E-state index contributed by atoms with van der Waals surface area (Å²) < 4.78 is 44.5. The van der Waals surface area contributed by atoms with Crippen LogP contribution in [0.4, 0.5) is 13.2 Å². The molecule has 0 aliphatic carbocycles. The highest BCUT2D eigenvalue weighted by molar-refractivity contribution is 5.81. The van der Waals surface area contributed by atoms with Crippen LogP contribution in [0.25, 0.3) is 0 Å². The molecule has 5 nitrogen and oxygen atoms in total. The van der Waals surface area contributed by atoms with Crippen molar-refractivity contribution >= 4 is 12.2 Å². The number of hydrogen-bond acceptors (Lipinski definition) is 3. The maximum absolute atomic E-state index is 13.4. The first-order chi connectivity index (χ1) is 11.0. The molecular weight excluding hydrogens is 309 g/mol. The molecule has 0 heterocycles. The maximum Gasteiger partial charge on any atom is 0.211 e. The molecule has 2 rings (SSSR count). The van der Waals surface area contributed by atoms with Gasteiger partial charge >= 0.3 is 0 Å². The molecular formula is C15H13F3N4O. The number of nitrogens with two attached hydrogens (primary N) is 2. The van der Waals surface area contributed by atoms with Gasteiger partial charge in [-0.1, -0.05) is 24.3 Å². The van der Waals surface area contributed by atoms with E-state index in [0.717, 1.165) is 17.7 Å². The fourth-order valence-electron chi connectivity index (χ4n) is 1.64. The minimum atomic E-state index is -1.56. The number of hydrogen-bond donors (Lipinski definition) is 2. The van der Waals surface area contributed by atoms with E-state index < -0.39 is 17.5 Å². The second-order valence-electron chi connectivity index (χ2n) is 4.47. The van der Waals surface area contributed by atoms with Crippen LogP contribution in [0.1, 0.15) is 11.1 Å². The topological polar surface area (TPSA) is 86.0 Å². The van der Waals surface area contributed by atoms with Crippen molar-refractivity contribution in [1.29, 1.82) is 0 Å². The van der Waals surface area contributed by atoms with Crippen molar-refractivity contribution < 1.29 is 17.9 Å². The third-order valence-corrected chi connectivity index (χ3v) is 2.75. The Bertz CT molecular complexity index is 741. The van der Waals surface area contributed by atoms with Gasteiger partial charge in [-0.2, -0.15) is 9.49 Å². The van der Waals surface area contributed by atoms with Crippen LogP contribution in [-0.2, 0) is 6.61 Å². The molecule has 2 aromatic carbocycles. The summed E-state index contributed by atoms with van der Waals surface area (Å²) >= 11 is 0. The normalized spacial score (nSPS) is 10.7. The van der Waals surface area contributed by atoms with E-state index in [4.69, 9.17) is 16.2 Å². The van der Waals surface area contributed by atoms with E-state index in [1.165, 1.54) is 6.21 Å². The molecule has 8 heteroatoms. The molecule has 0 aliphatic rings. The summed E-state index contributed by atoms with van der Waals surface area (Å²) in [6.07, 6.45) is 1.44. The molecule has 0 saturated carbocycles. The smallest absolute Gasteiger partial charge is 0.211 e. The largest absolute Gasteiger partial charge is 0.486 e. The Kier molecular flexibility index (Phi) is 5.19. The second-order valence-corrected chi connectivity index (χ2v) is 4.47. The first kappa shape index (κ1) is 16.3. The Labute approximate surface area is 130 Å². The zero-order valence-electron chi connectivity index (χ0n) is 11.8. The van der Waals surface area contributed by atoms with Crippen molar-refractivity contribution in [2.45, 2.75) is 6.61 Å². The Morgan fingerprint density at radius 1 is 1.00 bits per heavy atom. The highest BCUT2D eigenvalue weighted by atomic mass is 19.2. The molecule has 2 aromatic rings. The fourth-order valence-corrected chi connectivity index (χ4v) is 1.64. The Morgan fingerprint density at radius 2 is 1.70 bits per heavy atom. The van der Waals surface area contributed by atoms with Gasteiger partial charge in [0.2, 0.25) is 11.8 Å². The lowest BCUT2D eigenvalue weighted by molar-refractivity contribution is 0.281. The Morgan fingerprint density at radius 3 is 2.35 bits per heavy atom. The van der Waals surface area contributed by atoms with Crippen molar-refractivity contribution in [3.63, 3.8) is 0 Å². The summed E-state index contributed by atoms with van der Waals surface area (Å²) in [6.45, 7) is -0.00663. The van der Waals surface area contributed by atoms with Crippen LogP contribution in [0.2, 0.25) is 0 Å². The molecule has 0 saturated heterocycles. The van der Waals surface area contributed by atoms with Gasteiger partial charge in [0.1, 0.15) is 6.61 Å². The maximum atomic E-state index is 13.4. The summed E-state index contributed by atoms with van der Waals surface area (Å²) in [4.78, 5) is 0. The standard InChI is InChI=1S/C15H13F3N4O/c16-11-5-6-12(14(18)13(11)17)23-8-10-3-1-9(2-4-10)7-21-22-15(19)20/h1-7H,8H2,(H4,19,20,22). The van der Waals surface area contributed by atoms with E-state index in [9.17, 15) is 13.2 Å². The van der Waals surface area contributed by atoms with Crippen molar-refractivity contribution in [1.82, 2.24) is 0 Å². The van der Waals surface area contributed by atoms with Crippen LogP contribution in [0.15, 0.2) is 46.6 Å². The fraction of sp³-hybridized carbons (Fsp3) is 0.0667. The van der Waals surface area contributed by atoms with Gasteiger partial charge in [-0.25, -0.2) is 8.78 Å². The molecule has 0 fully saturated rings. The SMILES string of the molecule is NC(N)=NN=Cc1ccc(COc2ccc(F)c(F)c2F)cc1. The number of ether oxygens (including phenoxy) is 1. The van der Waals surface area contributed by atoms with E-state index in [2.05, 4.69) is 10.2 Å². The lowest BCUT2D eigenvalue weighted by Crippen LogP contribution is -2.21. The highest BCUT2D eigenvalue weighted by Crippen LogP contribution is 2.22. The number of guanidine groups is 1. The number of halogens is 3. The number of rotatable bonds is 5. The molecule has 0 spiro atoms. The summed E-state index contributed by atoms with van der Waals surface area (Å²) in [7, 11) is 0. The quantitative estimate of drug-likeness (QED) is 0.383. The average Bonchev–Trinajstić information content (AvgIpc) is 2.53. The van der Waals surface area contributed by atoms with E-state index in [-0.39, 0.29) is 18.3 Å². The molecule has 23 heavy (non-hydrogen) atoms. The van der Waals surface area contributed by atoms with Gasteiger partial charge in [0.15, 0.2) is 17.4 Å². The Hall–Kier alpha value is -3.03. The first-order valence-electron chi connectivity index (χ1n) is 6.44. The first-order valence-corrected chi connectivity index (χ1v) is 6.44. The lowest BCUT2D eigenvalue weighted by Gasteiger charge is -2.08. The molecule has 0 aliphatic heterocycles. The van der Waals surface area contributed by atoms with E-state index in [0.29, 0.717) is 5.56 Å². The van der Waals surface area contributed by atoms with Crippen LogP contribution in [0.3, 0.4) is 0 Å². The van der Waals surface area contributed by atoms with Gasteiger partial charge in [-0.15, -0.1) is 5.10 Å². The van der Waals surface area contributed by atoms with Crippen molar-refractivity contribution in [2.24, 2.45) is 21.7 Å². The van der Waals surface area contributed by atoms with Crippen LogP contribution in [0, 0.1) is 17.5 Å². The summed E-state index contributed by atoms with van der Waals surface area (Å²) in [5.41, 5.74) is 11.7. The van der Waals surface area contributed by atoms with E-state index in [1.54, 1.807) is 24.3 Å². The Balaban J connectivity index is 2.01. The molecule has 0 amide bonds. The van der Waals surface area contributed by atoms with Gasteiger partial charge in [0.05, 0.1) is 6.21 Å². The molecule has 120 valence electrons.